The quantitative estimate of drug-likeness (QED) is 0.578. The lowest BCUT2D eigenvalue weighted by atomic mass is 10.2. The summed E-state index contributed by atoms with van der Waals surface area (Å²) >= 11 is 0. The van der Waals surface area contributed by atoms with E-state index in [1.165, 1.54) is 0 Å². The van der Waals surface area contributed by atoms with Gasteiger partial charge in [0.15, 0.2) is 0 Å². The molecule has 0 atom stereocenters. The molecule has 0 aliphatic rings. The lowest BCUT2D eigenvalue weighted by Crippen LogP contribution is -1.97. The number of ether oxygens (including phenoxy) is 1. The van der Waals surface area contributed by atoms with Gasteiger partial charge < -0.3 is 20.5 Å². The smallest absolute Gasteiger partial charge is 0.142 e. The minimum Gasteiger partial charge on any atom is -0.508 e. The van der Waals surface area contributed by atoms with Crippen LogP contribution in [0.1, 0.15) is 6.92 Å². The number of phenols is 1. The van der Waals surface area contributed by atoms with E-state index in [0.717, 1.165) is 28.5 Å². The van der Waals surface area contributed by atoms with Gasteiger partial charge in [-0.05, 0) is 55.5 Å². The summed E-state index contributed by atoms with van der Waals surface area (Å²) < 4.78 is 5.62. The molecule has 3 N–H and O–H groups in total. The molecule has 0 fully saturated rings. The number of benzene rings is 3. The molecular weight excluding hydrogens is 300 g/mol. The van der Waals surface area contributed by atoms with Crippen molar-refractivity contribution in [2.45, 2.75) is 6.92 Å². The Labute approximate surface area is 141 Å². The van der Waals surface area contributed by atoms with E-state index in [1.807, 2.05) is 61.5 Å². The molecule has 0 aliphatic heterocycles. The first-order chi connectivity index (χ1) is 11.7. The molecule has 0 saturated carbocycles. The normalized spacial score (nSPS) is 10.2. The zero-order valence-electron chi connectivity index (χ0n) is 13.5. The maximum Gasteiger partial charge on any atom is 0.142 e. The molecule has 0 aliphatic carbocycles. The van der Waals surface area contributed by atoms with Crippen molar-refractivity contribution in [3.8, 4) is 11.5 Å². The average molecular weight is 320 g/mol. The molecule has 4 nitrogen and oxygen atoms in total. The second kappa shape index (κ2) is 7.42. The Morgan fingerprint density at radius 1 is 0.792 bits per heavy atom. The van der Waals surface area contributed by atoms with Crippen LogP contribution in [-0.2, 0) is 0 Å². The number of anilines is 4. The second-order valence-electron chi connectivity index (χ2n) is 5.31. The van der Waals surface area contributed by atoms with Crippen LogP contribution in [0, 0.1) is 0 Å². The maximum absolute atomic E-state index is 9.51. The Hall–Kier alpha value is -3.14. The highest BCUT2D eigenvalue weighted by Gasteiger charge is 2.03. The van der Waals surface area contributed by atoms with Crippen LogP contribution >= 0.6 is 0 Å². The topological polar surface area (TPSA) is 53.5 Å². The summed E-state index contributed by atoms with van der Waals surface area (Å²) in [5, 5.41) is 16.1. The maximum atomic E-state index is 9.51. The predicted molar refractivity (Wildman–Crippen MR) is 98.7 cm³/mol. The lowest BCUT2D eigenvalue weighted by Gasteiger charge is -2.13. The summed E-state index contributed by atoms with van der Waals surface area (Å²) in [5.41, 5.74) is 3.71. The molecule has 3 rings (SSSR count). The van der Waals surface area contributed by atoms with Gasteiger partial charge in [-0.3, -0.25) is 0 Å². The van der Waals surface area contributed by atoms with Crippen molar-refractivity contribution in [2.75, 3.05) is 17.2 Å². The van der Waals surface area contributed by atoms with Crippen LogP contribution < -0.4 is 15.4 Å². The monoisotopic (exact) mass is 320 g/mol. The number of aromatic hydroxyl groups is 1. The summed E-state index contributed by atoms with van der Waals surface area (Å²) in [6.07, 6.45) is 0. The van der Waals surface area contributed by atoms with Gasteiger partial charge in [0.2, 0.25) is 0 Å². The molecule has 0 unspecified atom stereocenters. The number of para-hydroxylation sites is 2. The standard InChI is InChI=1S/C20H20N2O2/c1-2-24-20-9-4-3-8-19(20)22-16-12-10-15(11-13-16)21-17-6-5-7-18(23)14-17/h3-14,21-23H,2H2,1H3. The van der Waals surface area contributed by atoms with Crippen LogP contribution in [0.4, 0.5) is 22.7 Å². The Kier molecular flexibility index (Phi) is 4.87. The first-order valence-electron chi connectivity index (χ1n) is 7.89. The Bertz CT molecular complexity index is 801. The lowest BCUT2D eigenvalue weighted by molar-refractivity contribution is 0.342. The van der Waals surface area contributed by atoms with E-state index in [4.69, 9.17) is 4.74 Å². The average Bonchev–Trinajstić information content (AvgIpc) is 2.59. The van der Waals surface area contributed by atoms with Crippen LogP contribution in [-0.4, -0.2) is 11.7 Å². The highest BCUT2D eigenvalue weighted by Crippen LogP contribution is 2.28. The Morgan fingerprint density at radius 2 is 1.50 bits per heavy atom. The number of hydrogen-bond donors (Lipinski definition) is 3. The third kappa shape index (κ3) is 3.98. The molecule has 0 aromatic heterocycles. The predicted octanol–water partition coefficient (Wildman–Crippen LogP) is 5.28. The number of rotatable bonds is 6. The van der Waals surface area contributed by atoms with Gasteiger partial charge in [-0.15, -0.1) is 0 Å². The fourth-order valence-corrected chi connectivity index (χ4v) is 2.39. The molecule has 0 saturated heterocycles. The summed E-state index contributed by atoms with van der Waals surface area (Å²) in [6, 6.07) is 22.9. The van der Waals surface area contributed by atoms with Crippen LogP contribution in [0.5, 0.6) is 11.5 Å². The molecule has 0 amide bonds. The highest BCUT2D eigenvalue weighted by atomic mass is 16.5. The van der Waals surface area contributed by atoms with Gasteiger partial charge in [0, 0.05) is 23.1 Å². The fourth-order valence-electron chi connectivity index (χ4n) is 2.39. The van der Waals surface area contributed by atoms with Crippen LogP contribution in [0.25, 0.3) is 0 Å². The summed E-state index contributed by atoms with van der Waals surface area (Å²) in [6.45, 7) is 2.60. The van der Waals surface area contributed by atoms with Crippen LogP contribution in [0.15, 0.2) is 72.8 Å². The zero-order valence-corrected chi connectivity index (χ0v) is 13.5. The van der Waals surface area contributed by atoms with Crippen molar-refractivity contribution in [1.82, 2.24) is 0 Å². The molecule has 3 aromatic carbocycles. The van der Waals surface area contributed by atoms with E-state index in [9.17, 15) is 5.11 Å². The van der Waals surface area contributed by atoms with Crippen molar-refractivity contribution < 1.29 is 9.84 Å². The third-order valence-electron chi connectivity index (χ3n) is 3.49. The van der Waals surface area contributed by atoms with E-state index < -0.39 is 0 Å². The number of phenolic OH excluding ortho intramolecular Hbond substituents is 1. The summed E-state index contributed by atoms with van der Waals surface area (Å²) in [4.78, 5) is 0. The molecule has 0 bridgehead atoms. The van der Waals surface area contributed by atoms with Gasteiger partial charge in [0.1, 0.15) is 11.5 Å². The number of nitrogens with one attached hydrogen (secondary N) is 2. The zero-order chi connectivity index (χ0) is 16.8. The molecule has 122 valence electrons. The molecule has 0 radical (unpaired) electrons. The van der Waals surface area contributed by atoms with Gasteiger partial charge in [-0.1, -0.05) is 18.2 Å². The largest absolute Gasteiger partial charge is 0.508 e. The van der Waals surface area contributed by atoms with Crippen molar-refractivity contribution in [1.29, 1.82) is 0 Å². The van der Waals surface area contributed by atoms with Gasteiger partial charge in [0.25, 0.3) is 0 Å². The minimum absolute atomic E-state index is 0.241. The molecule has 3 aromatic rings. The molecule has 0 spiro atoms. The van der Waals surface area contributed by atoms with Gasteiger partial charge in [0.05, 0.1) is 12.3 Å². The summed E-state index contributed by atoms with van der Waals surface area (Å²) in [7, 11) is 0. The SMILES string of the molecule is CCOc1ccccc1Nc1ccc(Nc2cccc(O)c2)cc1. The van der Waals surface area contributed by atoms with Crippen LogP contribution in [0.3, 0.4) is 0 Å². The van der Waals surface area contributed by atoms with Crippen molar-refractivity contribution in [2.24, 2.45) is 0 Å². The minimum atomic E-state index is 0.241. The molecule has 0 heterocycles. The molecule has 24 heavy (non-hydrogen) atoms. The number of hydrogen-bond acceptors (Lipinski definition) is 4. The summed E-state index contributed by atoms with van der Waals surface area (Å²) in [5.74, 6) is 1.08. The van der Waals surface area contributed by atoms with E-state index in [1.54, 1.807) is 18.2 Å². The Morgan fingerprint density at radius 3 is 2.21 bits per heavy atom. The highest BCUT2D eigenvalue weighted by molar-refractivity contribution is 5.69. The Balaban J connectivity index is 1.71. The van der Waals surface area contributed by atoms with E-state index in [0.29, 0.717) is 6.61 Å². The van der Waals surface area contributed by atoms with E-state index >= 15 is 0 Å². The first-order valence-corrected chi connectivity index (χ1v) is 7.89. The third-order valence-corrected chi connectivity index (χ3v) is 3.49. The van der Waals surface area contributed by atoms with Crippen LogP contribution in [0.2, 0.25) is 0 Å². The van der Waals surface area contributed by atoms with Gasteiger partial charge in [-0.2, -0.15) is 0 Å². The molecule has 4 heteroatoms. The molecular formula is C20H20N2O2. The second-order valence-corrected chi connectivity index (χ2v) is 5.31. The van der Waals surface area contributed by atoms with Gasteiger partial charge >= 0.3 is 0 Å². The van der Waals surface area contributed by atoms with E-state index in [-0.39, 0.29) is 5.75 Å². The fraction of sp³-hybridized carbons (Fsp3) is 0.100. The van der Waals surface area contributed by atoms with Crippen molar-refractivity contribution in [3.63, 3.8) is 0 Å². The van der Waals surface area contributed by atoms with Gasteiger partial charge in [-0.25, -0.2) is 0 Å². The van der Waals surface area contributed by atoms with E-state index in [2.05, 4.69) is 10.6 Å². The van der Waals surface area contributed by atoms with Crippen molar-refractivity contribution in [3.05, 3.63) is 72.8 Å². The first kappa shape index (κ1) is 15.7. The van der Waals surface area contributed by atoms with Crippen molar-refractivity contribution >= 4 is 22.7 Å².